The summed E-state index contributed by atoms with van der Waals surface area (Å²) in [5, 5.41) is 8.42. The lowest BCUT2D eigenvalue weighted by atomic mass is 10.4. The number of aromatic nitrogens is 1. The molecule has 0 spiro atoms. The number of nitrogens with zero attached hydrogens (tertiary/aromatic N) is 1. The van der Waals surface area contributed by atoms with Gasteiger partial charge in [0.15, 0.2) is 0 Å². The van der Waals surface area contributed by atoms with Crippen LogP contribution in [0.15, 0.2) is 18.2 Å². The van der Waals surface area contributed by atoms with Crippen LogP contribution in [0.5, 0.6) is 5.88 Å². The monoisotopic (exact) mass is 171 g/mol. The van der Waals surface area contributed by atoms with Gasteiger partial charge in [-0.15, -0.1) is 0 Å². The van der Waals surface area contributed by atoms with Crippen LogP contribution < -0.4 is 4.74 Å². The van der Waals surface area contributed by atoms with E-state index < -0.39 is 5.95 Å². The Morgan fingerprint density at radius 3 is 3.00 bits per heavy atom. The molecule has 0 atom stereocenters. The third kappa shape index (κ3) is 2.84. The Morgan fingerprint density at radius 2 is 2.33 bits per heavy atom. The first kappa shape index (κ1) is 8.93. The molecule has 66 valence electrons. The van der Waals surface area contributed by atoms with E-state index in [4.69, 9.17) is 9.84 Å². The first-order valence-electron chi connectivity index (χ1n) is 3.69. The van der Waals surface area contributed by atoms with Gasteiger partial charge in [-0.2, -0.15) is 9.37 Å². The molecule has 0 aliphatic carbocycles. The number of pyridine rings is 1. The van der Waals surface area contributed by atoms with Gasteiger partial charge >= 0.3 is 0 Å². The van der Waals surface area contributed by atoms with Gasteiger partial charge in [-0.05, 0) is 6.07 Å². The Labute approximate surface area is 69.8 Å². The Morgan fingerprint density at radius 1 is 1.50 bits per heavy atom. The van der Waals surface area contributed by atoms with E-state index in [1.165, 1.54) is 12.1 Å². The van der Waals surface area contributed by atoms with E-state index in [1.54, 1.807) is 6.07 Å². The SMILES string of the molecule is OCCCOc1cccc(F)n1. The zero-order chi connectivity index (χ0) is 8.81. The van der Waals surface area contributed by atoms with Crippen molar-refractivity contribution in [3.8, 4) is 5.88 Å². The van der Waals surface area contributed by atoms with Crippen LogP contribution in [0.4, 0.5) is 4.39 Å². The lowest BCUT2D eigenvalue weighted by molar-refractivity contribution is 0.228. The molecule has 3 nitrogen and oxygen atoms in total. The van der Waals surface area contributed by atoms with E-state index in [-0.39, 0.29) is 12.5 Å². The highest BCUT2D eigenvalue weighted by Crippen LogP contribution is 2.06. The molecule has 0 fully saturated rings. The van der Waals surface area contributed by atoms with Gasteiger partial charge < -0.3 is 9.84 Å². The van der Waals surface area contributed by atoms with E-state index in [0.29, 0.717) is 13.0 Å². The second-order valence-corrected chi connectivity index (χ2v) is 2.22. The number of ether oxygens (including phenoxy) is 1. The standard InChI is InChI=1S/C8H10FNO2/c9-7-3-1-4-8(10-7)12-6-2-5-11/h1,3-4,11H,2,5-6H2. The lowest BCUT2D eigenvalue weighted by Crippen LogP contribution is -2.01. The van der Waals surface area contributed by atoms with Crippen LogP contribution in [0.2, 0.25) is 0 Å². The normalized spacial score (nSPS) is 9.83. The molecular formula is C8H10FNO2. The third-order valence-corrected chi connectivity index (χ3v) is 1.24. The fourth-order valence-corrected chi connectivity index (χ4v) is 0.711. The number of hydrogen-bond donors (Lipinski definition) is 1. The molecule has 1 aromatic heterocycles. The second kappa shape index (κ2) is 4.66. The Bertz CT molecular complexity index is 242. The van der Waals surface area contributed by atoms with Crippen LogP contribution in [-0.2, 0) is 0 Å². The summed E-state index contributed by atoms with van der Waals surface area (Å²) in [6, 6.07) is 4.34. The van der Waals surface area contributed by atoms with Gasteiger partial charge in [0.2, 0.25) is 11.8 Å². The van der Waals surface area contributed by atoms with Gasteiger partial charge in [0.25, 0.3) is 0 Å². The Hall–Kier alpha value is -1.16. The van der Waals surface area contributed by atoms with Gasteiger partial charge in [-0.1, -0.05) is 6.07 Å². The van der Waals surface area contributed by atoms with E-state index in [9.17, 15) is 4.39 Å². The molecular weight excluding hydrogens is 161 g/mol. The topological polar surface area (TPSA) is 42.4 Å². The summed E-state index contributed by atoms with van der Waals surface area (Å²) in [7, 11) is 0. The van der Waals surface area contributed by atoms with E-state index >= 15 is 0 Å². The third-order valence-electron chi connectivity index (χ3n) is 1.24. The van der Waals surface area contributed by atoms with Gasteiger partial charge in [0.1, 0.15) is 0 Å². The van der Waals surface area contributed by atoms with Crippen molar-refractivity contribution in [3.05, 3.63) is 24.1 Å². The van der Waals surface area contributed by atoms with E-state index in [0.717, 1.165) is 0 Å². The van der Waals surface area contributed by atoms with Crippen molar-refractivity contribution < 1.29 is 14.2 Å². The molecule has 1 N–H and O–H groups in total. The lowest BCUT2D eigenvalue weighted by Gasteiger charge is -2.02. The van der Waals surface area contributed by atoms with Gasteiger partial charge in [-0.25, -0.2) is 0 Å². The molecule has 12 heavy (non-hydrogen) atoms. The zero-order valence-corrected chi connectivity index (χ0v) is 6.53. The number of halogens is 1. The molecule has 0 bridgehead atoms. The van der Waals surface area contributed by atoms with Crippen LogP contribution in [0.3, 0.4) is 0 Å². The fraction of sp³-hybridized carbons (Fsp3) is 0.375. The minimum Gasteiger partial charge on any atom is -0.478 e. The maximum Gasteiger partial charge on any atom is 0.216 e. The quantitative estimate of drug-likeness (QED) is 0.542. The van der Waals surface area contributed by atoms with Crippen molar-refractivity contribution in [2.75, 3.05) is 13.2 Å². The molecule has 0 saturated carbocycles. The molecule has 0 saturated heterocycles. The molecule has 0 aromatic carbocycles. The van der Waals surface area contributed by atoms with Gasteiger partial charge in [-0.3, -0.25) is 0 Å². The minimum atomic E-state index is -0.559. The van der Waals surface area contributed by atoms with Crippen molar-refractivity contribution in [1.82, 2.24) is 4.98 Å². The summed E-state index contributed by atoms with van der Waals surface area (Å²) < 4.78 is 17.5. The van der Waals surface area contributed by atoms with Gasteiger partial charge in [0, 0.05) is 19.1 Å². The Kier molecular flexibility index (Phi) is 3.47. The maximum atomic E-state index is 12.4. The highest BCUT2D eigenvalue weighted by atomic mass is 19.1. The molecule has 1 aromatic rings. The van der Waals surface area contributed by atoms with Crippen molar-refractivity contribution in [2.45, 2.75) is 6.42 Å². The summed E-state index contributed by atoms with van der Waals surface area (Å²) in [6.45, 7) is 0.419. The highest BCUT2D eigenvalue weighted by Gasteiger charge is 1.95. The molecule has 0 unspecified atom stereocenters. The van der Waals surface area contributed by atoms with Crippen LogP contribution in [-0.4, -0.2) is 23.3 Å². The van der Waals surface area contributed by atoms with Crippen LogP contribution in [0.25, 0.3) is 0 Å². The fourth-order valence-electron chi connectivity index (χ4n) is 0.711. The number of aliphatic hydroxyl groups is 1. The van der Waals surface area contributed by atoms with Crippen molar-refractivity contribution in [3.63, 3.8) is 0 Å². The van der Waals surface area contributed by atoms with E-state index in [2.05, 4.69) is 4.98 Å². The smallest absolute Gasteiger partial charge is 0.216 e. The summed E-state index contributed by atoms with van der Waals surface area (Å²) >= 11 is 0. The minimum absolute atomic E-state index is 0.0648. The van der Waals surface area contributed by atoms with Crippen LogP contribution in [0, 0.1) is 5.95 Å². The summed E-state index contributed by atoms with van der Waals surface area (Å²) in [5.74, 6) is -0.306. The second-order valence-electron chi connectivity index (χ2n) is 2.22. The van der Waals surface area contributed by atoms with Gasteiger partial charge in [0.05, 0.1) is 6.61 Å². The molecule has 1 rings (SSSR count). The number of rotatable bonds is 4. The number of hydrogen-bond acceptors (Lipinski definition) is 3. The number of aliphatic hydroxyl groups excluding tert-OH is 1. The molecule has 0 amide bonds. The summed E-state index contributed by atoms with van der Waals surface area (Å²) in [6.07, 6.45) is 0.526. The Balaban J connectivity index is 2.41. The summed E-state index contributed by atoms with van der Waals surface area (Å²) in [4.78, 5) is 3.47. The maximum absolute atomic E-state index is 12.4. The van der Waals surface area contributed by atoms with Crippen molar-refractivity contribution >= 4 is 0 Å². The first-order chi connectivity index (χ1) is 5.83. The molecule has 0 radical (unpaired) electrons. The molecule has 1 heterocycles. The van der Waals surface area contributed by atoms with E-state index in [1.807, 2.05) is 0 Å². The molecule has 4 heteroatoms. The highest BCUT2D eigenvalue weighted by molar-refractivity contribution is 5.10. The zero-order valence-electron chi connectivity index (χ0n) is 6.53. The molecule has 0 aliphatic rings. The average Bonchev–Trinajstić information content (AvgIpc) is 2.05. The largest absolute Gasteiger partial charge is 0.478 e. The molecule has 0 aliphatic heterocycles. The van der Waals surface area contributed by atoms with Crippen molar-refractivity contribution in [1.29, 1.82) is 0 Å². The van der Waals surface area contributed by atoms with Crippen LogP contribution >= 0.6 is 0 Å². The van der Waals surface area contributed by atoms with Crippen molar-refractivity contribution in [2.24, 2.45) is 0 Å². The predicted molar refractivity (Wildman–Crippen MR) is 41.4 cm³/mol. The first-order valence-corrected chi connectivity index (χ1v) is 3.69. The van der Waals surface area contributed by atoms with Crippen LogP contribution in [0.1, 0.15) is 6.42 Å². The predicted octanol–water partition coefficient (Wildman–Crippen LogP) is 0.982. The average molecular weight is 171 g/mol. The summed E-state index contributed by atoms with van der Waals surface area (Å²) in [5.41, 5.74) is 0.